The molecule has 0 heterocycles. The van der Waals surface area contributed by atoms with Crippen molar-refractivity contribution in [3.05, 3.63) is 29.3 Å². The summed E-state index contributed by atoms with van der Waals surface area (Å²) in [5.74, 6) is 0.0537. The van der Waals surface area contributed by atoms with Gasteiger partial charge in [-0.05, 0) is 24.1 Å². The van der Waals surface area contributed by atoms with E-state index in [1.165, 1.54) is 18.2 Å². The van der Waals surface area contributed by atoms with Crippen LogP contribution < -0.4 is 5.73 Å². The standard InChI is InChI=1S/C10H12F3NO/c1-6-4-7(2-3-9(6)15)8(14)5-10(11,12)13/h2-4,8,15H,5,14H2,1H3/t8-/m1/s1. The Labute approximate surface area is 85.5 Å². The van der Waals surface area contributed by atoms with Crippen LogP contribution in [0.3, 0.4) is 0 Å². The third-order valence-corrected chi connectivity index (χ3v) is 2.10. The third kappa shape index (κ3) is 3.43. The molecule has 0 aliphatic heterocycles. The summed E-state index contributed by atoms with van der Waals surface area (Å²) in [5.41, 5.74) is 6.29. The first-order chi connectivity index (χ1) is 6.79. The van der Waals surface area contributed by atoms with Gasteiger partial charge < -0.3 is 10.8 Å². The first-order valence-electron chi connectivity index (χ1n) is 4.41. The Morgan fingerprint density at radius 3 is 2.47 bits per heavy atom. The van der Waals surface area contributed by atoms with E-state index in [1.807, 2.05) is 0 Å². The van der Waals surface area contributed by atoms with E-state index in [0.717, 1.165) is 0 Å². The Morgan fingerprint density at radius 1 is 1.40 bits per heavy atom. The molecule has 0 spiro atoms. The number of benzene rings is 1. The Kier molecular flexibility index (Phi) is 3.24. The average molecular weight is 219 g/mol. The predicted octanol–water partition coefficient (Wildman–Crippen LogP) is 2.65. The molecule has 5 heteroatoms. The zero-order valence-corrected chi connectivity index (χ0v) is 8.17. The second-order valence-electron chi connectivity index (χ2n) is 3.47. The van der Waals surface area contributed by atoms with Crippen LogP contribution in [0.5, 0.6) is 5.75 Å². The summed E-state index contributed by atoms with van der Waals surface area (Å²) in [6.07, 6.45) is -5.33. The highest BCUT2D eigenvalue weighted by Gasteiger charge is 2.30. The molecule has 3 N–H and O–H groups in total. The molecule has 0 amide bonds. The number of alkyl halides is 3. The van der Waals surface area contributed by atoms with Gasteiger partial charge in [-0.25, -0.2) is 0 Å². The van der Waals surface area contributed by atoms with Gasteiger partial charge in [0.25, 0.3) is 0 Å². The molecule has 0 saturated carbocycles. The predicted molar refractivity (Wildman–Crippen MR) is 50.4 cm³/mol. The maximum absolute atomic E-state index is 12.0. The fourth-order valence-corrected chi connectivity index (χ4v) is 1.28. The molecular formula is C10H12F3NO. The van der Waals surface area contributed by atoms with Gasteiger partial charge in [-0.15, -0.1) is 0 Å². The summed E-state index contributed by atoms with van der Waals surface area (Å²) < 4.78 is 36.1. The number of rotatable bonds is 2. The molecule has 0 unspecified atom stereocenters. The monoisotopic (exact) mass is 219 g/mol. The number of aryl methyl sites for hydroxylation is 1. The molecule has 0 aliphatic carbocycles. The van der Waals surface area contributed by atoms with Gasteiger partial charge in [0.2, 0.25) is 0 Å². The lowest BCUT2D eigenvalue weighted by Gasteiger charge is -2.15. The molecule has 0 saturated heterocycles. The minimum atomic E-state index is -4.27. The summed E-state index contributed by atoms with van der Waals surface area (Å²) >= 11 is 0. The van der Waals surface area contributed by atoms with Gasteiger partial charge >= 0.3 is 6.18 Å². The second-order valence-corrected chi connectivity index (χ2v) is 3.47. The van der Waals surface area contributed by atoms with Crippen molar-refractivity contribution in [2.24, 2.45) is 5.73 Å². The Balaban J connectivity index is 2.83. The highest BCUT2D eigenvalue weighted by Crippen LogP contribution is 2.29. The number of hydrogen-bond acceptors (Lipinski definition) is 2. The van der Waals surface area contributed by atoms with Crippen molar-refractivity contribution < 1.29 is 18.3 Å². The van der Waals surface area contributed by atoms with Gasteiger partial charge in [-0.2, -0.15) is 13.2 Å². The molecule has 0 fully saturated rings. The minimum Gasteiger partial charge on any atom is -0.508 e. The molecule has 0 bridgehead atoms. The van der Waals surface area contributed by atoms with Gasteiger partial charge in [0.15, 0.2) is 0 Å². The van der Waals surface area contributed by atoms with Crippen molar-refractivity contribution in [2.75, 3.05) is 0 Å². The molecule has 84 valence electrons. The minimum absolute atomic E-state index is 0.0537. The van der Waals surface area contributed by atoms with Crippen LogP contribution in [0.1, 0.15) is 23.6 Å². The van der Waals surface area contributed by atoms with Gasteiger partial charge in [-0.3, -0.25) is 0 Å². The zero-order valence-electron chi connectivity index (χ0n) is 8.17. The summed E-state index contributed by atoms with van der Waals surface area (Å²) in [4.78, 5) is 0. The van der Waals surface area contributed by atoms with E-state index in [9.17, 15) is 18.3 Å². The SMILES string of the molecule is Cc1cc([C@H](N)CC(F)(F)F)ccc1O. The Bertz CT molecular complexity index is 349. The number of halogens is 3. The normalized spacial score (nSPS) is 13.9. The molecule has 1 aromatic rings. The fraction of sp³-hybridized carbons (Fsp3) is 0.400. The fourth-order valence-electron chi connectivity index (χ4n) is 1.28. The average Bonchev–Trinajstić information content (AvgIpc) is 2.06. The molecule has 0 aromatic heterocycles. The number of nitrogens with two attached hydrogens (primary N) is 1. The van der Waals surface area contributed by atoms with Crippen LogP contribution in [-0.2, 0) is 0 Å². The lowest BCUT2D eigenvalue weighted by molar-refractivity contribution is -0.138. The molecule has 15 heavy (non-hydrogen) atoms. The molecule has 2 nitrogen and oxygen atoms in total. The quantitative estimate of drug-likeness (QED) is 0.803. The van der Waals surface area contributed by atoms with E-state index in [-0.39, 0.29) is 5.75 Å². The van der Waals surface area contributed by atoms with Crippen LogP contribution in [0, 0.1) is 6.92 Å². The molecule has 1 rings (SSSR count). The van der Waals surface area contributed by atoms with Gasteiger partial charge in [-0.1, -0.05) is 12.1 Å². The summed E-state index contributed by atoms with van der Waals surface area (Å²) in [6, 6.07) is 3.13. The van der Waals surface area contributed by atoms with Crippen molar-refractivity contribution in [2.45, 2.75) is 25.6 Å². The van der Waals surface area contributed by atoms with Crippen LogP contribution in [0.2, 0.25) is 0 Å². The number of phenolic OH excluding ortho intramolecular Hbond substituents is 1. The lowest BCUT2D eigenvalue weighted by Crippen LogP contribution is -2.20. The van der Waals surface area contributed by atoms with Crippen molar-refractivity contribution in [3.63, 3.8) is 0 Å². The van der Waals surface area contributed by atoms with Gasteiger partial charge in [0.1, 0.15) is 5.75 Å². The molecular weight excluding hydrogens is 207 g/mol. The van der Waals surface area contributed by atoms with Gasteiger partial charge in [0.05, 0.1) is 6.42 Å². The van der Waals surface area contributed by atoms with E-state index >= 15 is 0 Å². The van der Waals surface area contributed by atoms with Crippen LogP contribution in [0.15, 0.2) is 18.2 Å². The van der Waals surface area contributed by atoms with Gasteiger partial charge in [0, 0.05) is 6.04 Å². The zero-order chi connectivity index (χ0) is 11.6. The van der Waals surface area contributed by atoms with Crippen molar-refractivity contribution >= 4 is 0 Å². The molecule has 0 radical (unpaired) electrons. The number of hydrogen-bond donors (Lipinski definition) is 2. The summed E-state index contributed by atoms with van der Waals surface area (Å²) in [7, 11) is 0. The highest BCUT2D eigenvalue weighted by molar-refractivity contribution is 5.36. The van der Waals surface area contributed by atoms with Crippen LogP contribution in [0.25, 0.3) is 0 Å². The van der Waals surface area contributed by atoms with Crippen LogP contribution in [0.4, 0.5) is 13.2 Å². The lowest BCUT2D eigenvalue weighted by atomic mass is 10.0. The maximum Gasteiger partial charge on any atom is 0.390 e. The molecule has 1 aromatic carbocycles. The summed E-state index contributed by atoms with van der Waals surface area (Å²) in [6.45, 7) is 1.61. The van der Waals surface area contributed by atoms with E-state index < -0.39 is 18.6 Å². The number of aromatic hydroxyl groups is 1. The molecule has 0 aliphatic rings. The van der Waals surface area contributed by atoms with Crippen LogP contribution in [-0.4, -0.2) is 11.3 Å². The van der Waals surface area contributed by atoms with E-state index in [2.05, 4.69) is 0 Å². The summed E-state index contributed by atoms with van der Waals surface area (Å²) in [5, 5.41) is 9.20. The van der Waals surface area contributed by atoms with Crippen molar-refractivity contribution in [1.82, 2.24) is 0 Å². The van der Waals surface area contributed by atoms with E-state index in [0.29, 0.717) is 11.1 Å². The van der Waals surface area contributed by atoms with E-state index in [1.54, 1.807) is 6.92 Å². The topological polar surface area (TPSA) is 46.2 Å². The third-order valence-electron chi connectivity index (χ3n) is 2.10. The second kappa shape index (κ2) is 4.10. The molecule has 1 atom stereocenters. The van der Waals surface area contributed by atoms with Crippen molar-refractivity contribution in [3.8, 4) is 5.75 Å². The van der Waals surface area contributed by atoms with Crippen LogP contribution >= 0.6 is 0 Å². The number of phenols is 1. The Hall–Kier alpha value is -1.23. The first-order valence-corrected chi connectivity index (χ1v) is 4.41. The van der Waals surface area contributed by atoms with Crippen molar-refractivity contribution in [1.29, 1.82) is 0 Å². The Morgan fingerprint density at radius 2 is 2.00 bits per heavy atom. The highest BCUT2D eigenvalue weighted by atomic mass is 19.4. The van der Waals surface area contributed by atoms with E-state index in [4.69, 9.17) is 5.73 Å². The first kappa shape index (κ1) is 11.8. The smallest absolute Gasteiger partial charge is 0.390 e. The maximum atomic E-state index is 12.0. The largest absolute Gasteiger partial charge is 0.508 e.